The molecule has 0 radical (unpaired) electrons. The number of fused-ring (bicyclic) bond motifs is 1. The number of halogens is 1. The van der Waals surface area contributed by atoms with Gasteiger partial charge in [-0.1, -0.05) is 23.7 Å². The van der Waals surface area contributed by atoms with Crippen molar-refractivity contribution in [1.29, 1.82) is 0 Å². The van der Waals surface area contributed by atoms with Crippen LogP contribution in [0.2, 0.25) is 5.02 Å². The van der Waals surface area contributed by atoms with Crippen LogP contribution >= 0.6 is 22.9 Å². The van der Waals surface area contributed by atoms with Crippen molar-refractivity contribution in [3.8, 4) is 0 Å². The van der Waals surface area contributed by atoms with Crippen LogP contribution in [0.5, 0.6) is 0 Å². The van der Waals surface area contributed by atoms with Gasteiger partial charge < -0.3 is 15.7 Å². The smallest absolute Gasteiger partial charge is 0.339 e. The molecule has 126 valence electrons. The van der Waals surface area contributed by atoms with Crippen LogP contribution in [0.3, 0.4) is 0 Å². The Morgan fingerprint density at radius 1 is 1.29 bits per heavy atom. The molecule has 0 spiro atoms. The number of hydrogen-bond acceptors (Lipinski definition) is 4. The topological polar surface area (TPSA) is 78.4 Å². The number of aryl methyl sites for hydroxylation is 1. The average molecular weight is 365 g/mol. The zero-order valence-corrected chi connectivity index (χ0v) is 14.5. The Balaban J connectivity index is 1.69. The summed E-state index contributed by atoms with van der Waals surface area (Å²) in [5, 5.41) is 16.6. The van der Waals surface area contributed by atoms with E-state index in [0.717, 1.165) is 22.5 Å². The number of carboxylic acids is 1. The predicted molar refractivity (Wildman–Crippen MR) is 95.1 cm³/mol. The van der Waals surface area contributed by atoms with Gasteiger partial charge in [0.2, 0.25) is 5.91 Å². The molecule has 1 aliphatic rings. The number of carbonyl (C=O) groups is 2. The zero-order valence-electron chi connectivity index (χ0n) is 12.9. The maximum absolute atomic E-state index is 12.2. The summed E-state index contributed by atoms with van der Waals surface area (Å²) in [5.74, 6) is -1.17. The van der Waals surface area contributed by atoms with Gasteiger partial charge in [-0.3, -0.25) is 4.79 Å². The molecule has 1 amide bonds. The second-order valence-electron chi connectivity index (χ2n) is 5.61. The molecule has 3 N–H and O–H groups in total. The molecular formula is C17H17ClN2O3S. The van der Waals surface area contributed by atoms with E-state index < -0.39 is 5.97 Å². The van der Waals surface area contributed by atoms with Crippen LogP contribution in [-0.2, 0) is 24.2 Å². The van der Waals surface area contributed by atoms with E-state index in [-0.39, 0.29) is 11.5 Å². The minimum atomic E-state index is -0.984. The van der Waals surface area contributed by atoms with Gasteiger partial charge in [0.05, 0.1) is 5.56 Å². The van der Waals surface area contributed by atoms with Gasteiger partial charge in [0.25, 0.3) is 0 Å². The van der Waals surface area contributed by atoms with Crippen molar-refractivity contribution in [2.75, 3.05) is 11.9 Å². The minimum absolute atomic E-state index is 0.181. The van der Waals surface area contributed by atoms with Gasteiger partial charge in [-0.25, -0.2) is 4.79 Å². The molecule has 0 fully saturated rings. The van der Waals surface area contributed by atoms with Crippen molar-refractivity contribution in [2.24, 2.45) is 0 Å². The van der Waals surface area contributed by atoms with Crippen LogP contribution in [0, 0.1) is 0 Å². The van der Waals surface area contributed by atoms with Crippen LogP contribution < -0.4 is 10.6 Å². The molecule has 1 aromatic carbocycles. The first kappa shape index (κ1) is 17.0. The lowest BCUT2D eigenvalue weighted by Crippen LogP contribution is -2.23. The standard InChI is InChI=1S/C17H17ClN2O3S/c18-11-4-1-10(2-5-11)3-6-14(21)20-16-15(17(22)23)12-7-8-19-9-13(12)24-16/h1-2,4-5,19H,3,6-9H2,(H,20,21)(H,22,23). The molecule has 0 saturated heterocycles. The van der Waals surface area contributed by atoms with E-state index in [9.17, 15) is 14.7 Å². The maximum Gasteiger partial charge on any atom is 0.339 e. The molecule has 24 heavy (non-hydrogen) atoms. The summed E-state index contributed by atoms with van der Waals surface area (Å²) in [7, 11) is 0. The van der Waals surface area contributed by atoms with E-state index in [1.807, 2.05) is 12.1 Å². The highest BCUT2D eigenvalue weighted by molar-refractivity contribution is 7.17. The Morgan fingerprint density at radius 3 is 2.75 bits per heavy atom. The Labute approximate surface area is 148 Å². The average Bonchev–Trinajstić information content (AvgIpc) is 2.92. The van der Waals surface area contributed by atoms with Crippen LogP contribution in [0.15, 0.2) is 24.3 Å². The van der Waals surface area contributed by atoms with Gasteiger partial charge in [0, 0.05) is 22.9 Å². The van der Waals surface area contributed by atoms with Crippen LogP contribution in [-0.4, -0.2) is 23.5 Å². The molecule has 2 heterocycles. The number of anilines is 1. The van der Waals surface area contributed by atoms with Crippen molar-refractivity contribution in [2.45, 2.75) is 25.8 Å². The molecule has 1 aliphatic heterocycles. The second-order valence-corrected chi connectivity index (χ2v) is 7.16. The number of rotatable bonds is 5. The lowest BCUT2D eigenvalue weighted by atomic mass is 10.0. The zero-order chi connectivity index (χ0) is 17.1. The third-order valence-corrected chi connectivity index (χ3v) is 5.35. The number of carbonyl (C=O) groups excluding carboxylic acids is 1. The molecule has 3 rings (SSSR count). The first-order chi connectivity index (χ1) is 11.5. The highest BCUT2D eigenvalue weighted by Crippen LogP contribution is 2.35. The van der Waals surface area contributed by atoms with E-state index in [2.05, 4.69) is 10.6 Å². The fourth-order valence-electron chi connectivity index (χ4n) is 2.75. The molecule has 5 nitrogen and oxygen atoms in total. The summed E-state index contributed by atoms with van der Waals surface area (Å²) in [6, 6.07) is 7.34. The summed E-state index contributed by atoms with van der Waals surface area (Å²) in [6.45, 7) is 1.41. The number of nitrogens with one attached hydrogen (secondary N) is 2. The summed E-state index contributed by atoms with van der Waals surface area (Å²) >= 11 is 7.19. The number of hydrogen-bond donors (Lipinski definition) is 3. The maximum atomic E-state index is 12.2. The molecule has 0 saturated carbocycles. The fraction of sp³-hybridized carbons (Fsp3) is 0.294. The number of benzene rings is 1. The highest BCUT2D eigenvalue weighted by Gasteiger charge is 2.25. The van der Waals surface area contributed by atoms with Crippen LogP contribution in [0.25, 0.3) is 0 Å². The fourth-order valence-corrected chi connectivity index (χ4v) is 4.10. The normalized spacial score (nSPS) is 13.4. The van der Waals surface area contributed by atoms with Crippen molar-refractivity contribution in [3.05, 3.63) is 50.9 Å². The van der Waals surface area contributed by atoms with Crippen LogP contribution in [0.4, 0.5) is 5.00 Å². The van der Waals surface area contributed by atoms with E-state index in [0.29, 0.717) is 35.8 Å². The van der Waals surface area contributed by atoms with Crippen molar-refractivity contribution in [1.82, 2.24) is 5.32 Å². The quantitative estimate of drug-likeness (QED) is 0.760. The van der Waals surface area contributed by atoms with Crippen molar-refractivity contribution < 1.29 is 14.7 Å². The predicted octanol–water partition coefficient (Wildman–Crippen LogP) is 3.32. The number of amides is 1. The first-order valence-electron chi connectivity index (χ1n) is 7.67. The molecule has 1 aromatic heterocycles. The van der Waals surface area contributed by atoms with Crippen molar-refractivity contribution in [3.63, 3.8) is 0 Å². The van der Waals surface area contributed by atoms with Gasteiger partial charge in [-0.15, -0.1) is 11.3 Å². The van der Waals surface area contributed by atoms with Gasteiger partial charge in [0.1, 0.15) is 5.00 Å². The van der Waals surface area contributed by atoms with E-state index in [1.54, 1.807) is 12.1 Å². The highest BCUT2D eigenvalue weighted by atomic mass is 35.5. The molecule has 0 atom stereocenters. The van der Waals surface area contributed by atoms with Crippen molar-refractivity contribution >= 4 is 39.8 Å². The largest absolute Gasteiger partial charge is 0.478 e. The first-order valence-corrected chi connectivity index (χ1v) is 8.87. The number of thiophene rings is 1. The molecule has 0 aliphatic carbocycles. The summed E-state index contributed by atoms with van der Waals surface area (Å²) in [4.78, 5) is 24.8. The molecule has 7 heteroatoms. The third-order valence-electron chi connectivity index (χ3n) is 3.95. The van der Waals surface area contributed by atoms with Gasteiger partial charge in [-0.2, -0.15) is 0 Å². The summed E-state index contributed by atoms with van der Waals surface area (Å²) in [5.41, 5.74) is 2.11. The Hall–Kier alpha value is -1.89. The SMILES string of the molecule is O=C(CCc1ccc(Cl)cc1)Nc1sc2c(c1C(=O)O)CCNC2. The molecule has 2 aromatic rings. The summed E-state index contributed by atoms with van der Waals surface area (Å²) in [6.07, 6.45) is 1.55. The Morgan fingerprint density at radius 2 is 2.04 bits per heavy atom. The monoisotopic (exact) mass is 364 g/mol. The van der Waals surface area contributed by atoms with E-state index >= 15 is 0 Å². The number of aromatic carboxylic acids is 1. The third kappa shape index (κ3) is 3.77. The van der Waals surface area contributed by atoms with E-state index in [4.69, 9.17) is 11.6 Å². The van der Waals surface area contributed by atoms with Gasteiger partial charge >= 0.3 is 5.97 Å². The lowest BCUT2D eigenvalue weighted by molar-refractivity contribution is -0.116. The minimum Gasteiger partial charge on any atom is -0.478 e. The Kier molecular flexibility index (Phi) is 5.18. The van der Waals surface area contributed by atoms with Crippen LogP contribution in [0.1, 0.15) is 32.8 Å². The second kappa shape index (κ2) is 7.34. The molecule has 0 unspecified atom stereocenters. The van der Waals surface area contributed by atoms with Gasteiger partial charge in [0.15, 0.2) is 0 Å². The molecule has 0 bridgehead atoms. The van der Waals surface area contributed by atoms with Gasteiger partial charge in [-0.05, 0) is 42.6 Å². The van der Waals surface area contributed by atoms with E-state index in [1.165, 1.54) is 11.3 Å². The lowest BCUT2D eigenvalue weighted by Gasteiger charge is -2.12. The summed E-state index contributed by atoms with van der Waals surface area (Å²) < 4.78 is 0. The Bertz CT molecular complexity index is 771. The molecular weight excluding hydrogens is 348 g/mol. The number of carboxylic acid groups (broad SMARTS) is 1.